The maximum atomic E-state index is 11.1. The van der Waals surface area contributed by atoms with Gasteiger partial charge in [-0.25, -0.2) is 15.0 Å². The topological polar surface area (TPSA) is 109 Å². The van der Waals surface area contributed by atoms with E-state index in [2.05, 4.69) is 28.0 Å². The van der Waals surface area contributed by atoms with Gasteiger partial charge in [0, 0.05) is 41.9 Å². The Bertz CT molecular complexity index is 1180. The summed E-state index contributed by atoms with van der Waals surface area (Å²) < 4.78 is 0. The zero-order valence-corrected chi connectivity index (χ0v) is 19.9. The zero-order chi connectivity index (χ0) is 23.0. The number of hydrogen-bond donors (Lipinski definition) is 2. The van der Waals surface area contributed by atoms with Gasteiger partial charge in [0.1, 0.15) is 22.5 Å². The summed E-state index contributed by atoms with van der Waals surface area (Å²) in [5.74, 6) is 0.129. The first-order chi connectivity index (χ1) is 15.3. The molecule has 1 fully saturated rings. The molecule has 0 amide bonds. The van der Waals surface area contributed by atoms with Gasteiger partial charge in [0.25, 0.3) is 0 Å². The summed E-state index contributed by atoms with van der Waals surface area (Å²) in [4.78, 5) is 15.5. The fourth-order valence-electron chi connectivity index (χ4n) is 4.98. The van der Waals surface area contributed by atoms with Crippen LogP contribution in [0.5, 0.6) is 0 Å². The van der Waals surface area contributed by atoms with Gasteiger partial charge in [0.2, 0.25) is 5.28 Å². The van der Waals surface area contributed by atoms with Crippen molar-refractivity contribution in [1.82, 2.24) is 14.9 Å². The summed E-state index contributed by atoms with van der Waals surface area (Å²) in [5, 5.41) is 31.2. The highest BCUT2D eigenvalue weighted by Crippen LogP contribution is 2.55. The van der Waals surface area contributed by atoms with E-state index in [0.717, 1.165) is 36.1 Å². The second-order valence-electron chi connectivity index (χ2n) is 8.58. The van der Waals surface area contributed by atoms with E-state index in [1.54, 1.807) is 23.7 Å². The molecule has 2 atom stereocenters. The van der Waals surface area contributed by atoms with Crippen molar-refractivity contribution in [2.24, 2.45) is 10.9 Å². The molecule has 32 heavy (non-hydrogen) atoms. The molecule has 0 radical (unpaired) electrons. The number of aromatic nitrogens is 2. The lowest BCUT2D eigenvalue weighted by Crippen LogP contribution is -2.48. The number of rotatable bonds is 3. The highest BCUT2D eigenvalue weighted by molar-refractivity contribution is 7.16. The summed E-state index contributed by atoms with van der Waals surface area (Å²) in [6.45, 7) is 2.15. The highest BCUT2D eigenvalue weighted by Gasteiger charge is 2.51. The van der Waals surface area contributed by atoms with Gasteiger partial charge in [0.15, 0.2) is 0 Å². The molecule has 0 bridgehead atoms. The Morgan fingerprint density at radius 2 is 2.25 bits per heavy atom. The van der Waals surface area contributed by atoms with Crippen molar-refractivity contribution in [3.8, 4) is 6.07 Å². The number of aryl methyl sites for hydroxylation is 1. The molecule has 2 aliphatic carbocycles. The van der Waals surface area contributed by atoms with E-state index in [4.69, 9.17) is 11.6 Å². The Hall–Kier alpha value is -2.76. The molecule has 0 saturated heterocycles. The van der Waals surface area contributed by atoms with Crippen LogP contribution in [-0.4, -0.2) is 46.1 Å². The summed E-state index contributed by atoms with van der Waals surface area (Å²) in [7, 11) is 3.78. The number of halogens is 1. The third kappa shape index (κ3) is 3.59. The molecule has 2 N–H and O–H groups in total. The van der Waals surface area contributed by atoms with Crippen LogP contribution < -0.4 is 0 Å². The second-order valence-corrected chi connectivity index (χ2v) is 10.00. The lowest BCUT2D eigenvalue weighted by molar-refractivity contribution is 0.303. The van der Waals surface area contributed by atoms with Gasteiger partial charge < -0.3 is 15.4 Å². The number of nitriles is 1. The molecule has 2 heterocycles. The molecule has 0 aromatic carbocycles. The van der Waals surface area contributed by atoms with Crippen LogP contribution in [0.1, 0.15) is 54.3 Å². The molecule has 1 saturated carbocycles. The number of thiophene rings is 1. The first-order valence-corrected chi connectivity index (χ1v) is 11.8. The predicted molar refractivity (Wildman–Crippen MR) is 128 cm³/mol. The van der Waals surface area contributed by atoms with E-state index in [-0.39, 0.29) is 17.0 Å². The molecule has 7 nitrogen and oxygen atoms in total. The average Bonchev–Trinajstić information content (AvgIpc) is 3.14. The Labute approximate surface area is 196 Å². The largest absolute Gasteiger partial charge is 0.505 e. The summed E-state index contributed by atoms with van der Waals surface area (Å²) >= 11 is 7.48. The summed E-state index contributed by atoms with van der Waals surface area (Å²) in [6, 6.07) is 3.98. The van der Waals surface area contributed by atoms with Crippen molar-refractivity contribution in [3.63, 3.8) is 0 Å². The van der Waals surface area contributed by atoms with Crippen molar-refractivity contribution in [3.05, 3.63) is 44.8 Å². The second kappa shape index (κ2) is 8.64. The molecular weight excluding hydrogens is 444 g/mol. The minimum absolute atomic E-state index is 0.0303. The first kappa shape index (κ1) is 22.4. The number of nitrogens with one attached hydrogen (secondary N) is 1. The Kier molecular flexibility index (Phi) is 6.06. The smallest absolute Gasteiger partial charge is 0.222 e. The van der Waals surface area contributed by atoms with Crippen molar-refractivity contribution < 1.29 is 5.11 Å². The van der Waals surface area contributed by atoms with Gasteiger partial charge >= 0.3 is 0 Å². The average molecular weight is 469 g/mol. The fourth-order valence-corrected chi connectivity index (χ4v) is 6.34. The Balaban J connectivity index is 1.89. The maximum absolute atomic E-state index is 11.1. The van der Waals surface area contributed by atoms with Crippen LogP contribution in [0.2, 0.25) is 5.28 Å². The third-order valence-corrected chi connectivity index (χ3v) is 7.81. The number of aliphatic hydroxyl groups is 1. The summed E-state index contributed by atoms with van der Waals surface area (Å²) in [5.41, 5.74) is 2.13. The van der Waals surface area contributed by atoms with Crippen LogP contribution >= 0.6 is 22.9 Å². The highest BCUT2D eigenvalue weighted by atomic mass is 35.5. The number of fused-ring (bicyclic) bond motifs is 2. The van der Waals surface area contributed by atoms with E-state index in [1.165, 1.54) is 6.20 Å². The van der Waals surface area contributed by atoms with E-state index in [0.29, 0.717) is 34.0 Å². The van der Waals surface area contributed by atoms with Crippen molar-refractivity contribution in [2.75, 3.05) is 14.1 Å². The van der Waals surface area contributed by atoms with Gasteiger partial charge in [-0.1, -0.05) is 6.92 Å². The number of nitrogens with zero attached hydrogens (tertiary/aromatic N) is 5. The van der Waals surface area contributed by atoms with Gasteiger partial charge in [-0.2, -0.15) is 5.26 Å². The maximum Gasteiger partial charge on any atom is 0.222 e. The van der Waals surface area contributed by atoms with Gasteiger partial charge in [-0.15, -0.1) is 11.3 Å². The van der Waals surface area contributed by atoms with Gasteiger partial charge in [-0.05, 0) is 61.3 Å². The van der Waals surface area contributed by atoms with E-state index < -0.39 is 5.41 Å². The first-order valence-electron chi connectivity index (χ1n) is 10.6. The van der Waals surface area contributed by atoms with E-state index in [1.807, 2.05) is 19.0 Å². The minimum Gasteiger partial charge on any atom is -0.505 e. The van der Waals surface area contributed by atoms with Crippen LogP contribution in [0.3, 0.4) is 0 Å². The molecule has 4 rings (SSSR count). The molecule has 2 aliphatic rings. The fraction of sp³-hybridized carbons (Fsp3) is 0.435. The molecule has 0 aliphatic heterocycles. The zero-order valence-electron chi connectivity index (χ0n) is 18.3. The standard InChI is InChI=1S/C23H25ClN6OS/c1-13-6-7-14(19(31)16-8-10-27-22(24)29-16)20(26)23(13)9-4-5-17-18(23)15(11-25)21(32-17)28-12-30(2)3/h8,10,12-13,26,31H,4-7,9H2,1-3H3/b19-14-,26-20?,28-12+/t13-,23+/m0/s1. The monoisotopic (exact) mass is 468 g/mol. The number of hydrogen-bond acceptors (Lipinski definition) is 7. The predicted octanol–water partition coefficient (Wildman–Crippen LogP) is 5.28. The normalized spacial score (nSPS) is 24.5. The Morgan fingerprint density at radius 3 is 2.94 bits per heavy atom. The number of allylic oxidation sites excluding steroid dienone is 1. The number of aliphatic imine (C=N–C) groups is 1. The number of aliphatic hydroxyl groups excluding tert-OH is 1. The van der Waals surface area contributed by atoms with Crippen molar-refractivity contribution >= 4 is 45.7 Å². The SMILES string of the molecule is C[C@H]1CC/C(=C(/O)c2ccnc(Cl)n2)C(=N)[C@]12CCCc1sc(/N=C/N(C)C)c(C#N)c12. The molecule has 1 spiro atoms. The van der Waals surface area contributed by atoms with E-state index in [9.17, 15) is 15.8 Å². The minimum atomic E-state index is -0.626. The van der Waals surface area contributed by atoms with Crippen LogP contribution in [0.15, 0.2) is 22.8 Å². The molecule has 9 heteroatoms. The van der Waals surface area contributed by atoms with Crippen LogP contribution in [-0.2, 0) is 11.8 Å². The van der Waals surface area contributed by atoms with Crippen LogP contribution in [0, 0.1) is 22.7 Å². The van der Waals surface area contributed by atoms with Gasteiger partial charge in [0.05, 0.1) is 11.9 Å². The molecular formula is C23H25ClN6OS. The Morgan fingerprint density at radius 1 is 1.47 bits per heavy atom. The van der Waals surface area contributed by atoms with E-state index >= 15 is 0 Å². The summed E-state index contributed by atoms with van der Waals surface area (Å²) in [6.07, 6.45) is 7.14. The van der Waals surface area contributed by atoms with Crippen molar-refractivity contribution in [2.45, 2.75) is 44.4 Å². The molecule has 2 aromatic heterocycles. The third-order valence-electron chi connectivity index (χ3n) is 6.47. The molecule has 2 aromatic rings. The van der Waals surface area contributed by atoms with Crippen LogP contribution in [0.25, 0.3) is 5.76 Å². The van der Waals surface area contributed by atoms with Gasteiger partial charge in [-0.3, -0.25) is 0 Å². The quantitative estimate of drug-likeness (QED) is 0.275. The molecule has 166 valence electrons. The molecule has 0 unspecified atom stereocenters. The lowest BCUT2D eigenvalue weighted by atomic mass is 9.56. The lowest BCUT2D eigenvalue weighted by Gasteiger charge is -2.47. The van der Waals surface area contributed by atoms with Crippen LogP contribution in [0.4, 0.5) is 5.00 Å². The van der Waals surface area contributed by atoms with Crippen molar-refractivity contribution in [1.29, 1.82) is 10.7 Å².